The van der Waals surface area contributed by atoms with Crippen LogP contribution < -0.4 is 15.5 Å². The average Bonchev–Trinajstić information content (AvgIpc) is 3.20. The number of nitrogens with zero attached hydrogens (tertiary/aromatic N) is 1. The third-order valence-corrected chi connectivity index (χ3v) is 3.68. The van der Waals surface area contributed by atoms with Crippen LogP contribution in [0, 0.1) is 0 Å². The zero-order chi connectivity index (χ0) is 19.1. The van der Waals surface area contributed by atoms with E-state index in [2.05, 4.69) is 15.0 Å². The number of rotatable bonds is 7. The summed E-state index contributed by atoms with van der Waals surface area (Å²) in [4.78, 5) is 23.4. The van der Waals surface area contributed by atoms with Crippen molar-refractivity contribution in [3.63, 3.8) is 0 Å². The number of nitrogens with one attached hydrogen (secondary N) is 2. The molecule has 0 spiro atoms. The topological polar surface area (TPSA) is 114 Å². The van der Waals surface area contributed by atoms with Gasteiger partial charge in [0.1, 0.15) is 6.61 Å². The molecule has 0 bridgehead atoms. The summed E-state index contributed by atoms with van der Waals surface area (Å²) in [7, 11) is 0. The van der Waals surface area contributed by atoms with Crippen LogP contribution in [0.3, 0.4) is 0 Å². The van der Waals surface area contributed by atoms with E-state index >= 15 is 0 Å². The summed E-state index contributed by atoms with van der Waals surface area (Å²) < 4.78 is 9.97. The minimum atomic E-state index is -0.830. The lowest BCUT2D eigenvalue weighted by molar-refractivity contribution is 0.0666. The van der Waals surface area contributed by atoms with Crippen molar-refractivity contribution in [1.82, 2.24) is 16.0 Å². The quantitative estimate of drug-likeness (QED) is 0.335. The highest BCUT2D eigenvalue weighted by Gasteiger charge is 2.13. The first-order valence-corrected chi connectivity index (χ1v) is 8.15. The van der Waals surface area contributed by atoms with Gasteiger partial charge in [-0.3, -0.25) is 14.8 Å². The van der Waals surface area contributed by atoms with Crippen LogP contribution in [0.1, 0.15) is 20.9 Å². The Bertz CT molecular complexity index is 924. The van der Waals surface area contributed by atoms with E-state index in [1.807, 2.05) is 48.5 Å². The molecule has 0 radical (unpaired) electrons. The minimum Gasteiger partial charge on any atom is -0.474 e. The van der Waals surface area contributed by atoms with Crippen LogP contribution in [-0.2, 0) is 0 Å². The van der Waals surface area contributed by atoms with Gasteiger partial charge in [0.25, 0.3) is 11.8 Å². The number of carbonyl (C=O) groups excluding carboxylic acids is 2. The summed E-state index contributed by atoms with van der Waals surface area (Å²) in [5.74, 6) is -1.16. The van der Waals surface area contributed by atoms with Crippen molar-refractivity contribution in [1.29, 1.82) is 0 Å². The van der Waals surface area contributed by atoms with E-state index < -0.39 is 5.91 Å². The predicted molar refractivity (Wildman–Crippen MR) is 95.5 cm³/mol. The molecule has 0 aliphatic rings. The second-order valence-electron chi connectivity index (χ2n) is 5.52. The number of hydrogen-bond acceptors (Lipinski definition) is 6. The van der Waals surface area contributed by atoms with E-state index in [-0.39, 0.29) is 30.7 Å². The van der Waals surface area contributed by atoms with E-state index in [9.17, 15) is 9.59 Å². The fourth-order valence-electron chi connectivity index (χ4n) is 2.38. The number of aromatic nitrogens is 1. The Morgan fingerprint density at radius 3 is 2.56 bits per heavy atom. The Hall–Kier alpha value is -3.65. The molecule has 8 heteroatoms. The van der Waals surface area contributed by atoms with Gasteiger partial charge in [0, 0.05) is 5.56 Å². The van der Waals surface area contributed by atoms with Crippen molar-refractivity contribution in [3.05, 3.63) is 72.0 Å². The largest absolute Gasteiger partial charge is 0.474 e. The standard InChI is InChI=1S/C19H17N3O5/c23-18(15-8-4-7-14(11-15)13-5-2-1-3-6-13)20-9-10-26-17-12-16(27-22-17)19(24)21-25/h1-8,11-12,25H,9-10H2,(H,20,23)(H,21,24). The highest BCUT2D eigenvalue weighted by molar-refractivity contribution is 5.95. The molecule has 0 unspecified atom stereocenters. The van der Waals surface area contributed by atoms with Crippen molar-refractivity contribution in [2.45, 2.75) is 0 Å². The first-order valence-electron chi connectivity index (χ1n) is 8.15. The number of hydrogen-bond donors (Lipinski definition) is 3. The summed E-state index contributed by atoms with van der Waals surface area (Å²) >= 11 is 0. The number of carbonyl (C=O) groups is 2. The van der Waals surface area contributed by atoms with Gasteiger partial charge in [0.2, 0.25) is 5.76 Å². The van der Waals surface area contributed by atoms with Gasteiger partial charge in [-0.2, -0.15) is 0 Å². The molecule has 0 fully saturated rings. The molecule has 0 aliphatic carbocycles. The van der Waals surface area contributed by atoms with E-state index in [0.29, 0.717) is 5.56 Å². The first-order chi connectivity index (χ1) is 13.2. The summed E-state index contributed by atoms with van der Waals surface area (Å²) in [6.45, 7) is 0.375. The summed E-state index contributed by atoms with van der Waals surface area (Å²) in [5, 5.41) is 14.8. The molecule has 1 aromatic heterocycles. The smallest absolute Gasteiger partial charge is 0.313 e. The minimum absolute atomic E-state index is 0.0777. The van der Waals surface area contributed by atoms with Gasteiger partial charge < -0.3 is 14.6 Å². The molecule has 0 atom stereocenters. The third kappa shape index (κ3) is 4.71. The Balaban J connectivity index is 1.51. The van der Waals surface area contributed by atoms with Crippen molar-refractivity contribution in [3.8, 4) is 17.0 Å². The Labute approximate surface area is 154 Å². The number of ether oxygens (including phenoxy) is 1. The molecular weight excluding hydrogens is 350 g/mol. The van der Waals surface area contributed by atoms with Crippen molar-refractivity contribution < 1.29 is 24.1 Å². The molecule has 2 aromatic carbocycles. The van der Waals surface area contributed by atoms with Gasteiger partial charge in [-0.05, 0) is 28.4 Å². The van der Waals surface area contributed by atoms with Crippen molar-refractivity contribution in [2.24, 2.45) is 0 Å². The highest BCUT2D eigenvalue weighted by atomic mass is 16.5. The monoisotopic (exact) mass is 367 g/mol. The Kier molecular flexibility index (Phi) is 5.80. The lowest BCUT2D eigenvalue weighted by atomic mass is 10.0. The van der Waals surface area contributed by atoms with Gasteiger partial charge >= 0.3 is 5.91 Å². The molecule has 2 amide bonds. The normalized spacial score (nSPS) is 10.3. The van der Waals surface area contributed by atoms with Crippen LogP contribution in [0.4, 0.5) is 0 Å². The van der Waals surface area contributed by atoms with Gasteiger partial charge in [0.15, 0.2) is 0 Å². The molecule has 1 heterocycles. The summed E-state index contributed by atoms with van der Waals surface area (Å²) in [6, 6.07) is 18.4. The molecule has 138 valence electrons. The molecule has 0 saturated carbocycles. The van der Waals surface area contributed by atoms with Crippen LogP contribution in [0.25, 0.3) is 11.1 Å². The SMILES string of the molecule is O=C(NCCOc1cc(C(=O)NO)on1)c1cccc(-c2ccccc2)c1. The van der Waals surface area contributed by atoms with E-state index in [0.717, 1.165) is 11.1 Å². The van der Waals surface area contributed by atoms with Crippen LogP contribution in [0.15, 0.2) is 65.2 Å². The highest BCUT2D eigenvalue weighted by Crippen LogP contribution is 2.19. The van der Waals surface area contributed by atoms with Crippen molar-refractivity contribution in [2.75, 3.05) is 13.2 Å². The average molecular weight is 367 g/mol. The third-order valence-electron chi connectivity index (χ3n) is 3.68. The zero-order valence-corrected chi connectivity index (χ0v) is 14.2. The van der Waals surface area contributed by atoms with Gasteiger partial charge in [-0.1, -0.05) is 42.5 Å². The fraction of sp³-hybridized carbons (Fsp3) is 0.105. The molecule has 3 aromatic rings. The molecular formula is C19H17N3O5. The van der Waals surface area contributed by atoms with Gasteiger partial charge in [-0.15, -0.1) is 0 Å². The maximum atomic E-state index is 12.3. The molecule has 0 aliphatic heterocycles. The lowest BCUT2D eigenvalue weighted by Gasteiger charge is -2.07. The van der Waals surface area contributed by atoms with Gasteiger partial charge in [-0.25, -0.2) is 5.48 Å². The van der Waals surface area contributed by atoms with Crippen LogP contribution >= 0.6 is 0 Å². The van der Waals surface area contributed by atoms with E-state index in [1.165, 1.54) is 11.5 Å². The molecule has 3 rings (SSSR count). The summed E-state index contributed by atoms with van der Waals surface area (Å²) in [5.41, 5.74) is 3.95. The molecule has 3 N–H and O–H groups in total. The maximum absolute atomic E-state index is 12.3. The summed E-state index contributed by atoms with van der Waals surface area (Å²) in [6.07, 6.45) is 0. The first kappa shape index (κ1) is 18.2. The maximum Gasteiger partial charge on any atom is 0.313 e. The second-order valence-corrected chi connectivity index (χ2v) is 5.52. The van der Waals surface area contributed by atoms with E-state index in [1.54, 1.807) is 6.07 Å². The fourth-order valence-corrected chi connectivity index (χ4v) is 2.38. The second kappa shape index (κ2) is 8.63. The predicted octanol–water partition coefficient (Wildman–Crippen LogP) is 2.27. The molecule has 27 heavy (non-hydrogen) atoms. The number of amides is 2. The van der Waals surface area contributed by atoms with Gasteiger partial charge in [0.05, 0.1) is 12.6 Å². The van der Waals surface area contributed by atoms with Crippen LogP contribution in [0.5, 0.6) is 5.88 Å². The van der Waals surface area contributed by atoms with Crippen LogP contribution in [0.2, 0.25) is 0 Å². The molecule has 8 nitrogen and oxygen atoms in total. The van der Waals surface area contributed by atoms with Crippen LogP contribution in [-0.4, -0.2) is 35.3 Å². The lowest BCUT2D eigenvalue weighted by Crippen LogP contribution is -2.28. The Morgan fingerprint density at radius 1 is 1.00 bits per heavy atom. The van der Waals surface area contributed by atoms with Crippen molar-refractivity contribution >= 4 is 11.8 Å². The number of hydroxylamine groups is 1. The zero-order valence-electron chi connectivity index (χ0n) is 14.2. The molecule has 0 saturated heterocycles. The Morgan fingerprint density at radius 2 is 1.78 bits per heavy atom. The number of benzene rings is 2. The van der Waals surface area contributed by atoms with E-state index in [4.69, 9.17) is 9.94 Å².